The van der Waals surface area contributed by atoms with Gasteiger partial charge in [0.25, 0.3) is 0 Å². The van der Waals surface area contributed by atoms with Crippen molar-refractivity contribution in [3.63, 3.8) is 0 Å². The number of aliphatic hydroxyl groups excluding tert-OH is 1. The molecule has 1 aliphatic rings. The van der Waals surface area contributed by atoms with E-state index in [1.807, 2.05) is 0 Å². The first-order valence-corrected chi connectivity index (χ1v) is 3.89. The van der Waals surface area contributed by atoms with Gasteiger partial charge in [-0.2, -0.15) is 0 Å². The summed E-state index contributed by atoms with van der Waals surface area (Å²) in [5.41, 5.74) is 5.09. The molecule has 0 aromatic heterocycles. The van der Waals surface area contributed by atoms with E-state index in [0.29, 0.717) is 6.54 Å². The van der Waals surface area contributed by atoms with E-state index in [9.17, 15) is 4.79 Å². The van der Waals surface area contributed by atoms with Gasteiger partial charge in [0.05, 0.1) is 0 Å². The van der Waals surface area contributed by atoms with E-state index in [-0.39, 0.29) is 18.6 Å². The first-order chi connectivity index (χ1) is 5.24. The lowest BCUT2D eigenvalue weighted by molar-refractivity contribution is 0.134. The molecular formula is C7H14N2O2. The molecule has 0 aromatic rings. The Morgan fingerprint density at radius 3 is 3.00 bits per heavy atom. The minimum atomic E-state index is -0.372. The second kappa shape index (κ2) is 3.57. The molecular weight excluding hydrogens is 144 g/mol. The number of nitrogens with two attached hydrogens (primary N) is 1. The largest absolute Gasteiger partial charge is 0.396 e. The average Bonchev–Trinajstić information content (AvgIpc) is 2.05. The fourth-order valence-corrected chi connectivity index (χ4v) is 1.41. The number of rotatable bonds is 1. The highest BCUT2D eigenvalue weighted by atomic mass is 16.3. The number of aliphatic hydroxyl groups is 1. The smallest absolute Gasteiger partial charge is 0.314 e. The summed E-state index contributed by atoms with van der Waals surface area (Å²) in [4.78, 5) is 12.3. The highest BCUT2D eigenvalue weighted by Gasteiger charge is 2.20. The van der Waals surface area contributed by atoms with Gasteiger partial charge >= 0.3 is 6.03 Å². The first kappa shape index (κ1) is 8.33. The molecule has 1 heterocycles. The van der Waals surface area contributed by atoms with Gasteiger partial charge in [0.15, 0.2) is 0 Å². The molecule has 0 saturated carbocycles. The Hall–Kier alpha value is -0.770. The first-order valence-electron chi connectivity index (χ1n) is 3.89. The van der Waals surface area contributed by atoms with E-state index in [2.05, 4.69) is 0 Å². The molecule has 1 saturated heterocycles. The van der Waals surface area contributed by atoms with Crippen molar-refractivity contribution >= 4 is 6.03 Å². The molecule has 1 aliphatic heterocycles. The number of primary amides is 1. The van der Waals surface area contributed by atoms with E-state index in [4.69, 9.17) is 10.8 Å². The minimum Gasteiger partial charge on any atom is -0.396 e. The molecule has 2 amide bonds. The molecule has 4 nitrogen and oxygen atoms in total. The van der Waals surface area contributed by atoms with Crippen LogP contribution in [0.15, 0.2) is 0 Å². The van der Waals surface area contributed by atoms with Crippen LogP contribution in [0.3, 0.4) is 0 Å². The topological polar surface area (TPSA) is 66.6 Å². The summed E-state index contributed by atoms with van der Waals surface area (Å²) in [6.45, 7) is 1.52. The van der Waals surface area contributed by atoms with Crippen LogP contribution in [0.25, 0.3) is 0 Å². The summed E-state index contributed by atoms with van der Waals surface area (Å²) in [5.74, 6) is 0.233. The van der Waals surface area contributed by atoms with E-state index in [0.717, 1.165) is 19.4 Å². The maximum absolute atomic E-state index is 10.7. The molecule has 11 heavy (non-hydrogen) atoms. The summed E-state index contributed by atoms with van der Waals surface area (Å²) in [6, 6.07) is -0.372. The predicted octanol–water partition coefficient (Wildman–Crippen LogP) is -0.231. The second-order valence-corrected chi connectivity index (χ2v) is 2.98. The number of carbonyl (C=O) groups excluding carboxylic acids is 1. The molecule has 1 unspecified atom stereocenters. The predicted molar refractivity (Wildman–Crippen MR) is 41.0 cm³/mol. The lowest BCUT2D eigenvalue weighted by Gasteiger charge is -2.30. The van der Waals surface area contributed by atoms with Crippen LogP contribution < -0.4 is 5.73 Å². The van der Waals surface area contributed by atoms with E-state index >= 15 is 0 Å². The van der Waals surface area contributed by atoms with Gasteiger partial charge in [0, 0.05) is 19.7 Å². The third-order valence-corrected chi connectivity index (χ3v) is 2.09. The van der Waals surface area contributed by atoms with Crippen LogP contribution in [0, 0.1) is 5.92 Å². The van der Waals surface area contributed by atoms with E-state index in [1.54, 1.807) is 4.90 Å². The number of nitrogens with zero attached hydrogens (tertiary/aromatic N) is 1. The zero-order chi connectivity index (χ0) is 8.27. The van der Waals surface area contributed by atoms with Crippen LogP contribution in [0.4, 0.5) is 4.79 Å². The number of carbonyl (C=O) groups is 1. The van der Waals surface area contributed by atoms with Crippen molar-refractivity contribution in [2.75, 3.05) is 19.7 Å². The molecule has 1 rings (SSSR count). The SMILES string of the molecule is NC(=O)N1CCCC(CO)C1. The van der Waals surface area contributed by atoms with Gasteiger partial charge < -0.3 is 15.7 Å². The Balaban J connectivity index is 2.39. The normalized spacial score (nSPS) is 25.2. The molecule has 1 atom stereocenters. The molecule has 0 radical (unpaired) electrons. The lowest BCUT2D eigenvalue weighted by Crippen LogP contribution is -2.43. The summed E-state index contributed by atoms with van der Waals surface area (Å²) in [7, 11) is 0. The van der Waals surface area contributed by atoms with Crippen molar-refractivity contribution in [3.05, 3.63) is 0 Å². The van der Waals surface area contributed by atoms with Gasteiger partial charge in [-0.25, -0.2) is 4.79 Å². The quantitative estimate of drug-likeness (QED) is 0.553. The van der Waals surface area contributed by atoms with Gasteiger partial charge in [0.2, 0.25) is 0 Å². The summed E-state index contributed by atoms with van der Waals surface area (Å²) in [5, 5.41) is 8.81. The van der Waals surface area contributed by atoms with Crippen molar-refractivity contribution in [1.82, 2.24) is 4.90 Å². The number of amides is 2. The standard InChI is InChI=1S/C7H14N2O2/c8-7(11)9-3-1-2-6(4-9)5-10/h6,10H,1-5H2,(H2,8,11). The van der Waals surface area contributed by atoms with Crippen molar-refractivity contribution in [3.8, 4) is 0 Å². The van der Waals surface area contributed by atoms with Crippen molar-refractivity contribution < 1.29 is 9.90 Å². The Labute approximate surface area is 66.0 Å². The minimum absolute atomic E-state index is 0.157. The Morgan fingerprint density at radius 1 is 1.73 bits per heavy atom. The molecule has 4 heteroatoms. The third-order valence-electron chi connectivity index (χ3n) is 2.09. The average molecular weight is 158 g/mol. The molecule has 0 spiro atoms. The zero-order valence-corrected chi connectivity index (χ0v) is 6.49. The molecule has 0 aliphatic carbocycles. The number of urea groups is 1. The Morgan fingerprint density at radius 2 is 2.45 bits per heavy atom. The number of piperidine rings is 1. The molecule has 3 N–H and O–H groups in total. The fraction of sp³-hybridized carbons (Fsp3) is 0.857. The fourth-order valence-electron chi connectivity index (χ4n) is 1.41. The molecule has 0 aromatic carbocycles. The maximum atomic E-state index is 10.7. The third kappa shape index (κ3) is 2.08. The van der Waals surface area contributed by atoms with Gasteiger partial charge in [-0.1, -0.05) is 0 Å². The van der Waals surface area contributed by atoms with Gasteiger partial charge in [-0.15, -0.1) is 0 Å². The van der Waals surface area contributed by atoms with Crippen LogP contribution in [0.1, 0.15) is 12.8 Å². The molecule has 0 bridgehead atoms. The van der Waals surface area contributed by atoms with Gasteiger partial charge in [-0.3, -0.25) is 0 Å². The van der Waals surface area contributed by atoms with Crippen LogP contribution in [0.5, 0.6) is 0 Å². The van der Waals surface area contributed by atoms with Crippen LogP contribution >= 0.6 is 0 Å². The number of hydrogen-bond acceptors (Lipinski definition) is 2. The highest BCUT2D eigenvalue weighted by Crippen LogP contribution is 2.14. The Bertz CT molecular complexity index is 149. The summed E-state index contributed by atoms with van der Waals surface area (Å²) < 4.78 is 0. The summed E-state index contributed by atoms with van der Waals surface area (Å²) >= 11 is 0. The maximum Gasteiger partial charge on any atom is 0.314 e. The monoisotopic (exact) mass is 158 g/mol. The van der Waals surface area contributed by atoms with Gasteiger partial charge in [-0.05, 0) is 18.8 Å². The van der Waals surface area contributed by atoms with Gasteiger partial charge in [0.1, 0.15) is 0 Å². The van der Waals surface area contributed by atoms with Crippen molar-refractivity contribution in [2.45, 2.75) is 12.8 Å². The highest BCUT2D eigenvalue weighted by molar-refractivity contribution is 5.72. The van der Waals surface area contributed by atoms with Crippen LogP contribution in [-0.4, -0.2) is 35.7 Å². The summed E-state index contributed by atoms with van der Waals surface area (Å²) in [6.07, 6.45) is 1.95. The van der Waals surface area contributed by atoms with Crippen LogP contribution in [-0.2, 0) is 0 Å². The zero-order valence-electron chi connectivity index (χ0n) is 6.49. The number of hydrogen-bond donors (Lipinski definition) is 2. The van der Waals surface area contributed by atoms with Crippen molar-refractivity contribution in [2.24, 2.45) is 11.7 Å². The van der Waals surface area contributed by atoms with Crippen molar-refractivity contribution in [1.29, 1.82) is 0 Å². The lowest BCUT2D eigenvalue weighted by atomic mass is 9.99. The second-order valence-electron chi connectivity index (χ2n) is 2.98. The molecule has 64 valence electrons. The Kier molecular flexibility index (Phi) is 2.70. The van der Waals surface area contributed by atoms with E-state index < -0.39 is 0 Å². The van der Waals surface area contributed by atoms with Crippen LogP contribution in [0.2, 0.25) is 0 Å². The molecule has 1 fully saturated rings. The number of likely N-dealkylation sites (tertiary alicyclic amines) is 1. The van der Waals surface area contributed by atoms with E-state index in [1.165, 1.54) is 0 Å².